The first-order valence-electron chi connectivity index (χ1n) is 7.30. The molecule has 120 valence electrons. The summed E-state index contributed by atoms with van der Waals surface area (Å²) in [5, 5.41) is 9.42. The van der Waals surface area contributed by atoms with E-state index in [1.54, 1.807) is 19.4 Å². The topological polar surface area (TPSA) is 83.9 Å². The predicted molar refractivity (Wildman–Crippen MR) is 87.3 cm³/mol. The molecule has 1 unspecified atom stereocenters. The van der Waals surface area contributed by atoms with Crippen molar-refractivity contribution in [3.8, 4) is 6.07 Å². The van der Waals surface area contributed by atoms with E-state index in [0.717, 1.165) is 10.1 Å². The minimum atomic E-state index is -0.581. The Labute approximate surface area is 134 Å². The van der Waals surface area contributed by atoms with E-state index in [9.17, 15) is 14.9 Å². The molecule has 0 bridgehead atoms. The van der Waals surface area contributed by atoms with Crippen LogP contribution in [0, 0.1) is 11.3 Å². The van der Waals surface area contributed by atoms with Crippen LogP contribution in [0.25, 0.3) is 0 Å². The summed E-state index contributed by atoms with van der Waals surface area (Å²) in [6.45, 7) is 4.39. The van der Waals surface area contributed by atoms with Crippen LogP contribution in [0.5, 0.6) is 0 Å². The number of nitriles is 1. The highest BCUT2D eigenvalue weighted by Crippen LogP contribution is 2.26. The van der Waals surface area contributed by atoms with Crippen molar-refractivity contribution in [2.45, 2.75) is 19.9 Å². The molecular weight excluding hydrogens is 294 g/mol. The van der Waals surface area contributed by atoms with Crippen molar-refractivity contribution in [1.82, 2.24) is 14.1 Å². The highest BCUT2D eigenvalue weighted by Gasteiger charge is 2.24. The SMILES string of the molecule is CCN(c1c(C#N)c(=O)n(C)c(=O)n1C)C(C)c1cccnc1. The molecule has 2 rings (SSSR count). The average Bonchev–Trinajstić information content (AvgIpc) is 2.58. The normalized spacial score (nSPS) is 11.8. The van der Waals surface area contributed by atoms with Crippen molar-refractivity contribution in [1.29, 1.82) is 5.26 Å². The van der Waals surface area contributed by atoms with Crippen LogP contribution in [0.4, 0.5) is 5.82 Å². The molecule has 0 aliphatic heterocycles. The molecule has 23 heavy (non-hydrogen) atoms. The third-order valence-corrected chi connectivity index (χ3v) is 3.99. The lowest BCUT2D eigenvalue weighted by Crippen LogP contribution is -2.43. The molecule has 0 aliphatic rings. The fourth-order valence-corrected chi connectivity index (χ4v) is 2.68. The lowest BCUT2D eigenvalue weighted by atomic mass is 10.1. The molecule has 0 aliphatic carbocycles. The van der Waals surface area contributed by atoms with Gasteiger partial charge < -0.3 is 4.90 Å². The molecule has 2 aromatic heterocycles. The average molecular weight is 313 g/mol. The number of rotatable bonds is 4. The Morgan fingerprint density at radius 3 is 2.57 bits per heavy atom. The van der Waals surface area contributed by atoms with Crippen molar-refractivity contribution in [2.75, 3.05) is 11.4 Å². The first-order chi connectivity index (χ1) is 10.9. The lowest BCUT2D eigenvalue weighted by Gasteiger charge is -2.32. The van der Waals surface area contributed by atoms with Crippen LogP contribution in [-0.4, -0.2) is 20.7 Å². The van der Waals surface area contributed by atoms with Gasteiger partial charge in [0.2, 0.25) is 0 Å². The molecule has 7 nitrogen and oxygen atoms in total. The maximum atomic E-state index is 12.3. The van der Waals surface area contributed by atoms with Gasteiger partial charge in [-0.25, -0.2) is 4.79 Å². The smallest absolute Gasteiger partial charge is 0.332 e. The Bertz CT molecular complexity index is 861. The number of pyridine rings is 1. The molecule has 0 radical (unpaired) electrons. The van der Waals surface area contributed by atoms with E-state index >= 15 is 0 Å². The van der Waals surface area contributed by atoms with Gasteiger partial charge in [-0.1, -0.05) is 6.07 Å². The number of nitrogens with zero attached hydrogens (tertiary/aromatic N) is 5. The Morgan fingerprint density at radius 2 is 2.04 bits per heavy atom. The maximum absolute atomic E-state index is 12.3. The second-order valence-corrected chi connectivity index (χ2v) is 5.26. The zero-order valence-corrected chi connectivity index (χ0v) is 13.6. The van der Waals surface area contributed by atoms with Crippen LogP contribution in [0.15, 0.2) is 34.1 Å². The highest BCUT2D eigenvalue weighted by atomic mass is 16.2. The Balaban J connectivity index is 2.71. The fourth-order valence-electron chi connectivity index (χ4n) is 2.68. The quantitative estimate of drug-likeness (QED) is 0.838. The first-order valence-corrected chi connectivity index (χ1v) is 7.30. The van der Waals surface area contributed by atoms with Crippen molar-refractivity contribution in [2.24, 2.45) is 14.1 Å². The second kappa shape index (κ2) is 6.48. The summed E-state index contributed by atoms with van der Waals surface area (Å²) in [6, 6.07) is 5.55. The molecular formula is C16H19N5O2. The van der Waals surface area contributed by atoms with E-state index in [-0.39, 0.29) is 11.6 Å². The maximum Gasteiger partial charge on any atom is 0.332 e. The van der Waals surface area contributed by atoms with Crippen molar-refractivity contribution in [3.63, 3.8) is 0 Å². The minimum Gasteiger partial charge on any atom is -0.350 e. The summed E-state index contributed by atoms with van der Waals surface area (Å²) in [6.07, 6.45) is 3.42. The first kappa shape index (κ1) is 16.5. The summed E-state index contributed by atoms with van der Waals surface area (Å²) in [5.41, 5.74) is -0.137. The molecule has 0 N–H and O–H groups in total. The number of hydrogen-bond donors (Lipinski definition) is 0. The molecule has 0 spiro atoms. The van der Waals surface area contributed by atoms with Gasteiger partial charge in [-0.05, 0) is 25.5 Å². The van der Waals surface area contributed by atoms with Gasteiger partial charge >= 0.3 is 5.69 Å². The summed E-state index contributed by atoms with van der Waals surface area (Å²) in [5.74, 6) is 0.333. The zero-order valence-electron chi connectivity index (χ0n) is 13.6. The predicted octanol–water partition coefficient (Wildman–Crippen LogP) is 0.938. The van der Waals surface area contributed by atoms with Gasteiger partial charge in [0.25, 0.3) is 5.56 Å². The molecule has 0 aromatic carbocycles. The summed E-state index contributed by atoms with van der Waals surface area (Å²) in [7, 11) is 2.94. The largest absolute Gasteiger partial charge is 0.350 e. The van der Waals surface area contributed by atoms with Crippen molar-refractivity contribution >= 4 is 5.82 Å². The number of anilines is 1. The third kappa shape index (κ3) is 2.75. The van der Waals surface area contributed by atoms with Gasteiger partial charge in [-0.2, -0.15) is 5.26 Å². The van der Waals surface area contributed by atoms with Gasteiger partial charge in [0.15, 0.2) is 5.56 Å². The minimum absolute atomic E-state index is 0.0350. The molecule has 2 aromatic rings. The van der Waals surface area contributed by atoms with Crippen LogP contribution in [0.2, 0.25) is 0 Å². The Morgan fingerprint density at radius 1 is 1.35 bits per heavy atom. The Hall–Kier alpha value is -2.88. The standard InChI is InChI=1S/C16H19N5O2/c1-5-21(11(2)12-7-6-8-18-10-12)14-13(9-17)15(22)20(4)16(23)19(14)3/h6-8,10-11H,5H2,1-4H3. The zero-order chi connectivity index (χ0) is 17.1. The molecule has 2 heterocycles. The third-order valence-electron chi connectivity index (χ3n) is 3.99. The van der Waals surface area contributed by atoms with Crippen molar-refractivity contribution < 1.29 is 0 Å². The van der Waals surface area contributed by atoms with Gasteiger partial charge in [-0.3, -0.25) is 18.9 Å². The van der Waals surface area contributed by atoms with Crippen LogP contribution >= 0.6 is 0 Å². The van der Waals surface area contributed by atoms with E-state index in [1.807, 2.05) is 36.9 Å². The van der Waals surface area contributed by atoms with E-state index in [4.69, 9.17) is 0 Å². The van der Waals surface area contributed by atoms with Gasteiger partial charge in [0.1, 0.15) is 11.9 Å². The molecule has 0 saturated carbocycles. The summed E-state index contributed by atoms with van der Waals surface area (Å²) < 4.78 is 2.29. The molecule has 1 atom stereocenters. The van der Waals surface area contributed by atoms with E-state index < -0.39 is 11.2 Å². The number of aromatic nitrogens is 3. The molecule has 7 heteroatoms. The monoisotopic (exact) mass is 313 g/mol. The van der Waals surface area contributed by atoms with E-state index in [1.165, 1.54) is 11.6 Å². The van der Waals surface area contributed by atoms with Gasteiger partial charge in [0.05, 0.1) is 6.04 Å². The summed E-state index contributed by atoms with van der Waals surface area (Å²) in [4.78, 5) is 30.5. The Kier molecular flexibility index (Phi) is 4.65. The lowest BCUT2D eigenvalue weighted by molar-refractivity contribution is 0.616. The van der Waals surface area contributed by atoms with E-state index in [0.29, 0.717) is 12.4 Å². The van der Waals surface area contributed by atoms with E-state index in [2.05, 4.69) is 4.98 Å². The molecule has 0 saturated heterocycles. The van der Waals surface area contributed by atoms with Crippen molar-refractivity contribution in [3.05, 3.63) is 56.5 Å². The van der Waals surface area contributed by atoms with Crippen LogP contribution < -0.4 is 16.1 Å². The van der Waals surface area contributed by atoms with Gasteiger partial charge in [-0.15, -0.1) is 0 Å². The molecule has 0 fully saturated rings. The number of hydrogen-bond acceptors (Lipinski definition) is 5. The van der Waals surface area contributed by atoms with Crippen LogP contribution in [0.1, 0.15) is 31.0 Å². The second-order valence-electron chi connectivity index (χ2n) is 5.26. The van der Waals surface area contributed by atoms with Crippen LogP contribution in [0.3, 0.4) is 0 Å². The highest BCUT2D eigenvalue weighted by molar-refractivity contribution is 5.54. The van der Waals surface area contributed by atoms with Gasteiger partial charge in [0, 0.05) is 33.0 Å². The van der Waals surface area contributed by atoms with Crippen LogP contribution in [-0.2, 0) is 14.1 Å². The fraction of sp³-hybridized carbons (Fsp3) is 0.375. The summed E-state index contributed by atoms with van der Waals surface area (Å²) >= 11 is 0. The molecule has 0 amide bonds.